The number of ether oxygens (including phenoxy) is 1. The number of fused-ring (bicyclic) bond motifs is 1. The number of rotatable bonds is 4. The Hall–Kier alpha value is -1.37. The minimum Gasteiger partial charge on any atom is -0.444 e. The van der Waals surface area contributed by atoms with Crippen LogP contribution in [0.25, 0.3) is 0 Å². The van der Waals surface area contributed by atoms with Crippen LogP contribution in [0.2, 0.25) is 18.1 Å². The molecule has 0 saturated heterocycles. The summed E-state index contributed by atoms with van der Waals surface area (Å²) in [5.74, 6) is 0. The molecule has 0 bridgehead atoms. The lowest BCUT2D eigenvalue weighted by molar-refractivity contribution is -0.00774. The van der Waals surface area contributed by atoms with Crippen LogP contribution in [0, 0.1) is 0 Å². The molecule has 1 aliphatic heterocycles. The second kappa shape index (κ2) is 8.17. The van der Waals surface area contributed by atoms with Crippen LogP contribution in [0.4, 0.5) is 4.79 Å². The van der Waals surface area contributed by atoms with Gasteiger partial charge in [0.15, 0.2) is 8.32 Å². The van der Waals surface area contributed by atoms with Crippen molar-refractivity contribution >= 4 is 14.4 Å². The van der Waals surface area contributed by atoms with Crippen LogP contribution in [-0.4, -0.2) is 43.6 Å². The SMILES string of the molecule is CC(C)(C)OC(=O)N1Cc2ccccc2CC1[C@@H](CN)O[Si](C)(C)C(C)(C)C. The third kappa shape index (κ3) is 5.36. The number of benzene rings is 1. The Morgan fingerprint density at radius 1 is 1.18 bits per heavy atom. The van der Waals surface area contributed by atoms with Crippen molar-refractivity contribution in [2.24, 2.45) is 5.73 Å². The summed E-state index contributed by atoms with van der Waals surface area (Å²) >= 11 is 0. The van der Waals surface area contributed by atoms with E-state index >= 15 is 0 Å². The van der Waals surface area contributed by atoms with Gasteiger partial charge in [-0.05, 0) is 56.5 Å². The Balaban J connectivity index is 2.36. The lowest BCUT2D eigenvalue weighted by atomic mass is 9.91. The molecule has 1 aromatic rings. The van der Waals surface area contributed by atoms with Crippen LogP contribution in [0.15, 0.2) is 24.3 Å². The number of carbonyl (C=O) groups is 1. The molecule has 1 unspecified atom stereocenters. The van der Waals surface area contributed by atoms with E-state index in [1.54, 1.807) is 0 Å². The second-order valence-electron chi connectivity index (χ2n) is 10.3. The van der Waals surface area contributed by atoms with E-state index < -0.39 is 13.9 Å². The molecule has 0 aliphatic carbocycles. The van der Waals surface area contributed by atoms with Gasteiger partial charge in [0.05, 0.1) is 12.1 Å². The van der Waals surface area contributed by atoms with Crippen LogP contribution in [-0.2, 0) is 22.1 Å². The number of amides is 1. The van der Waals surface area contributed by atoms with Crippen LogP contribution in [0.3, 0.4) is 0 Å². The van der Waals surface area contributed by atoms with Gasteiger partial charge in [0.25, 0.3) is 0 Å². The first kappa shape index (κ1) is 22.9. The number of carbonyl (C=O) groups excluding carboxylic acids is 1. The minimum atomic E-state index is -2.03. The molecule has 1 heterocycles. The van der Waals surface area contributed by atoms with Crippen molar-refractivity contribution in [3.63, 3.8) is 0 Å². The fraction of sp³-hybridized carbons (Fsp3) is 0.682. The maximum Gasteiger partial charge on any atom is 0.410 e. The molecule has 0 spiro atoms. The summed E-state index contributed by atoms with van der Waals surface area (Å²) in [5.41, 5.74) is 8.05. The maximum atomic E-state index is 13.0. The zero-order chi connectivity index (χ0) is 21.3. The zero-order valence-electron chi connectivity index (χ0n) is 18.8. The van der Waals surface area contributed by atoms with Gasteiger partial charge in [0.2, 0.25) is 0 Å². The van der Waals surface area contributed by atoms with Gasteiger partial charge in [-0.15, -0.1) is 0 Å². The molecule has 5 nitrogen and oxygen atoms in total. The second-order valence-corrected chi connectivity index (χ2v) is 15.1. The van der Waals surface area contributed by atoms with Gasteiger partial charge < -0.3 is 14.9 Å². The molecule has 2 rings (SSSR count). The lowest BCUT2D eigenvalue weighted by Gasteiger charge is -2.45. The van der Waals surface area contributed by atoms with Gasteiger partial charge in [-0.1, -0.05) is 45.0 Å². The lowest BCUT2D eigenvalue weighted by Crippen LogP contribution is -2.58. The van der Waals surface area contributed by atoms with Crippen molar-refractivity contribution < 1.29 is 14.0 Å². The van der Waals surface area contributed by atoms with Crippen LogP contribution >= 0.6 is 0 Å². The summed E-state index contributed by atoms with van der Waals surface area (Å²) in [6.45, 7) is 17.7. The van der Waals surface area contributed by atoms with E-state index in [0.29, 0.717) is 13.1 Å². The van der Waals surface area contributed by atoms with Crippen molar-refractivity contribution in [2.75, 3.05) is 6.54 Å². The fourth-order valence-corrected chi connectivity index (χ4v) is 4.60. The largest absolute Gasteiger partial charge is 0.444 e. The molecule has 0 saturated carbocycles. The van der Waals surface area contributed by atoms with Gasteiger partial charge >= 0.3 is 6.09 Å². The van der Waals surface area contributed by atoms with Crippen molar-refractivity contribution in [1.29, 1.82) is 0 Å². The highest BCUT2D eigenvalue weighted by Crippen LogP contribution is 2.38. The van der Waals surface area contributed by atoms with E-state index in [1.165, 1.54) is 5.56 Å². The van der Waals surface area contributed by atoms with Crippen molar-refractivity contribution in [3.05, 3.63) is 35.4 Å². The summed E-state index contributed by atoms with van der Waals surface area (Å²) in [4.78, 5) is 14.9. The predicted octanol–water partition coefficient (Wildman–Crippen LogP) is 4.70. The fourth-order valence-electron chi connectivity index (χ4n) is 3.24. The Bertz CT molecular complexity index is 692. The normalized spacial score (nSPS) is 19.2. The Labute approximate surface area is 171 Å². The number of hydrogen-bond acceptors (Lipinski definition) is 4. The Morgan fingerprint density at radius 2 is 1.75 bits per heavy atom. The van der Waals surface area contributed by atoms with Crippen molar-refractivity contribution in [2.45, 2.75) is 90.4 Å². The van der Waals surface area contributed by atoms with Crippen molar-refractivity contribution in [3.8, 4) is 0 Å². The smallest absolute Gasteiger partial charge is 0.410 e. The van der Waals surface area contributed by atoms with E-state index in [9.17, 15) is 4.79 Å². The first-order valence-corrected chi connectivity index (χ1v) is 13.1. The molecule has 2 atom stereocenters. The first-order chi connectivity index (χ1) is 12.7. The summed E-state index contributed by atoms with van der Waals surface area (Å²) in [7, 11) is -2.03. The average Bonchev–Trinajstić information content (AvgIpc) is 2.56. The topological polar surface area (TPSA) is 64.8 Å². The third-order valence-corrected chi connectivity index (χ3v) is 10.3. The van der Waals surface area contributed by atoms with E-state index in [-0.39, 0.29) is 23.3 Å². The predicted molar refractivity (Wildman–Crippen MR) is 117 cm³/mol. The van der Waals surface area contributed by atoms with E-state index in [4.69, 9.17) is 14.9 Å². The summed E-state index contributed by atoms with van der Waals surface area (Å²) in [5, 5.41) is 0.0732. The Kier molecular flexibility index (Phi) is 6.68. The maximum absolute atomic E-state index is 13.0. The summed E-state index contributed by atoms with van der Waals surface area (Å²) in [6, 6.07) is 8.14. The molecule has 0 radical (unpaired) electrons. The van der Waals surface area contributed by atoms with Crippen LogP contribution < -0.4 is 5.73 Å². The molecule has 0 aromatic heterocycles. The molecule has 2 N–H and O–H groups in total. The third-order valence-electron chi connectivity index (χ3n) is 5.83. The standard InChI is InChI=1S/C22H38N2O3Si/c1-21(2,3)26-20(25)24-15-17-12-10-9-11-16(17)13-18(24)19(14-23)27-28(7,8)22(4,5)6/h9-12,18-19H,13-15,23H2,1-8H3/t18?,19-/m1/s1. The number of nitrogens with zero attached hydrogens (tertiary/aromatic N) is 1. The summed E-state index contributed by atoms with van der Waals surface area (Å²) < 4.78 is 12.4. The number of hydrogen-bond donors (Lipinski definition) is 1. The molecular formula is C22H38N2O3Si. The quantitative estimate of drug-likeness (QED) is 0.736. The van der Waals surface area contributed by atoms with E-state index in [0.717, 1.165) is 12.0 Å². The highest BCUT2D eigenvalue weighted by molar-refractivity contribution is 6.74. The zero-order valence-corrected chi connectivity index (χ0v) is 19.8. The van der Waals surface area contributed by atoms with E-state index in [1.807, 2.05) is 37.8 Å². The van der Waals surface area contributed by atoms with Gasteiger partial charge in [0, 0.05) is 13.1 Å². The van der Waals surface area contributed by atoms with Gasteiger partial charge in [0.1, 0.15) is 5.60 Å². The van der Waals surface area contributed by atoms with Gasteiger partial charge in [-0.25, -0.2) is 4.79 Å². The first-order valence-electron chi connectivity index (χ1n) is 10.2. The number of nitrogens with two attached hydrogens (primary N) is 1. The van der Waals surface area contributed by atoms with Crippen LogP contribution in [0.5, 0.6) is 0 Å². The molecule has 1 aliphatic rings. The molecule has 1 amide bonds. The van der Waals surface area contributed by atoms with Crippen molar-refractivity contribution in [1.82, 2.24) is 4.90 Å². The molecule has 1 aromatic carbocycles. The van der Waals surface area contributed by atoms with E-state index in [2.05, 4.69) is 46.0 Å². The highest BCUT2D eigenvalue weighted by Gasteiger charge is 2.43. The monoisotopic (exact) mass is 406 g/mol. The average molecular weight is 407 g/mol. The molecule has 28 heavy (non-hydrogen) atoms. The Morgan fingerprint density at radius 3 is 2.25 bits per heavy atom. The van der Waals surface area contributed by atoms with Gasteiger partial charge in [-0.2, -0.15) is 0 Å². The van der Waals surface area contributed by atoms with Gasteiger partial charge in [-0.3, -0.25) is 4.90 Å². The molecule has 0 fully saturated rings. The molecule has 158 valence electrons. The van der Waals surface area contributed by atoms with Crippen LogP contribution in [0.1, 0.15) is 52.7 Å². The minimum absolute atomic E-state index is 0.0732. The molecular weight excluding hydrogens is 368 g/mol. The molecule has 6 heteroatoms. The summed E-state index contributed by atoms with van der Waals surface area (Å²) in [6.07, 6.45) is 0.206. The highest BCUT2D eigenvalue weighted by atomic mass is 28.4.